The van der Waals surface area contributed by atoms with Gasteiger partial charge in [0.05, 0.1) is 0 Å². The van der Waals surface area contributed by atoms with E-state index in [0.717, 1.165) is 17.3 Å². The minimum absolute atomic E-state index is 0.0168. The molecule has 0 fully saturated rings. The molecule has 2 rings (SSSR count). The predicted molar refractivity (Wildman–Crippen MR) is 126 cm³/mol. The van der Waals surface area contributed by atoms with Gasteiger partial charge >= 0.3 is 165 Å². The molecule has 1 radical (unpaired) electrons. The van der Waals surface area contributed by atoms with Crippen LogP contribution in [0.4, 0.5) is 0 Å². The van der Waals surface area contributed by atoms with Crippen LogP contribution in [0.2, 0.25) is 4.44 Å². The van der Waals surface area contributed by atoms with Crippen LogP contribution in [0.3, 0.4) is 0 Å². The van der Waals surface area contributed by atoms with E-state index in [4.69, 9.17) is 4.74 Å². The van der Waals surface area contributed by atoms with Gasteiger partial charge in [0.1, 0.15) is 0 Å². The first-order valence-electron chi connectivity index (χ1n) is 11.4. The number of unbranched alkanes of at least 4 members (excludes halogenated alkanes) is 8. The number of ether oxygens (including phenoxy) is 1. The molecule has 29 heavy (non-hydrogen) atoms. The number of hydrogen-bond acceptors (Lipinski definition) is 2. The third-order valence-electron chi connectivity index (χ3n) is 5.34. The van der Waals surface area contributed by atoms with Crippen molar-refractivity contribution >= 4 is 32.9 Å². The molecule has 0 heterocycles. The molecule has 2 aromatic rings. The molecule has 0 N–H and O–H groups in total. The van der Waals surface area contributed by atoms with E-state index in [0.29, 0.717) is 13.0 Å². The van der Waals surface area contributed by atoms with Crippen LogP contribution in [-0.4, -0.2) is 32.3 Å². The summed E-state index contributed by atoms with van der Waals surface area (Å²) in [7, 11) is 0. The Morgan fingerprint density at radius 1 is 0.724 bits per heavy atom. The first kappa shape index (κ1) is 24.0. The number of rotatable bonds is 15. The molecule has 0 saturated heterocycles. The van der Waals surface area contributed by atoms with Gasteiger partial charge in [-0.3, -0.25) is 0 Å². The van der Waals surface area contributed by atoms with Gasteiger partial charge in [-0.25, -0.2) is 0 Å². The SMILES string of the molecule is CCCCCCCCCCCC(=O)OC[CH2][Sn]([c]1ccccc1)[c]1ccccc1. The molecule has 0 amide bonds. The Balaban J connectivity index is 1.63. The summed E-state index contributed by atoms with van der Waals surface area (Å²) in [5.41, 5.74) is 0. The molecule has 0 aromatic heterocycles. The standard InChI is InChI=1S/C14H27O2.2C6H5.Sn/c1-3-5-6-7-8-9-10-11-12-13-14(15)16-4-2;2*1-2-4-6-5-3-1;/h2-13H2,1H3;2*1-5H;. The average molecular weight is 500 g/mol. The minimum atomic E-state index is -2.01. The van der Waals surface area contributed by atoms with Gasteiger partial charge in [-0.1, -0.05) is 19.8 Å². The van der Waals surface area contributed by atoms with Crippen LogP contribution in [0.5, 0.6) is 0 Å². The summed E-state index contributed by atoms with van der Waals surface area (Å²) in [5, 5.41) is 0. The van der Waals surface area contributed by atoms with Crippen molar-refractivity contribution in [1.82, 2.24) is 0 Å². The summed E-state index contributed by atoms with van der Waals surface area (Å²) >= 11 is -2.01. The van der Waals surface area contributed by atoms with Gasteiger partial charge in [0.15, 0.2) is 0 Å². The summed E-state index contributed by atoms with van der Waals surface area (Å²) in [5.74, 6) is -0.0168. The Bertz CT molecular complexity index is 617. The first-order chi connectivity index (χ1) is 14.3. The third-order valence-corrected chi connectivity index (χ3v) is 13.2. The first-order valence-corrected chi connectivity index (χ1v) is 16.3. The third kappa shape index (κ3) is 10.3. The van der Waals surface area contributed by atoms with Crippen LogP contribution in [0.25, 0.3) is 0 Å². The number of hydrogen-bond donors (Lipinski definition) is 0. The van der Waals surface area contributed by atoms with E-state index in [-0.39, 0.29) is 5.97 Å². The molecule has 0 spiro atoms. The normalized spacial score (nSPS) is 11.0. The van der Waals surface area contributed by atoms with Crippen molar-refractivity contribution in [3.05, 3.63) is 60.7 Å². The molecule has 0 saturated carbocycles. The van der Waals surface area contributed by atoms with Gasteiger partial charge in [-0.2, -0.15) is 0 Å². The zero-order valence-electron chi connectivity index (χ0n) is 18.1. The second-order valence-corrected chi connectivity index (χ2v) is 15.2. The van der Waals surface area contributed by atoms with Crippen LogP contribution in [0, 0.1) is 0 Å². The molecule has 0 aliphatic heterocycles. The summed E-state index contributed by atoms with van der Waals surface area (Å²) < 4.78 is 9.55. The van der Waals surface area contributed by atoms with E-state index in [2.05, 4.69) is 67.6 Å². The molecular formula is C26H37O2Sn. The van der Waals surface area contributed by atoms with Crippen molar-refractivity contribution in [2.45, 2.75) is 75.6 Å². The summed E-state index contributed by atoms with van der Waals surface area (Å²) in [4.78, 5) is 12.1. The van der Waals surface area contributed by atoms with Crippen LogP contribution in [0.15, 0.2) is 60.7 Å². The molecule has 0 bridgehead atoms. The summed E-state index contributed by atoms with van der Waals surface area (Å²) in [6.07, 6.45) is 12.0. The Morgan fingerprint density at radius 2 is 1.21 bits per heavy atom. The predicted octanol–water partition coefficient (Wildman–Crippen LogP) is 5.76. The monoisotopic (exact) mass is 501 g/mol. The van der Waals surface area contributed by atoms with Crippen LogP contribution in [-0.2, 0) is 9.53 Å². The van der Waals surface area contributed by atoms with Crippen LogP contribution >= 0.6 is 0 Å². The molecule has 2 nitrogen and oxygen atoms in total. The van der Waals surface area contributed by atoms with Crippen molar-refractivity contribution < 1.29 is 9.53 Å². The Hall–Kier alpha value is -1.29. The number of carbonyl (C=O) groups is 1. The fourth-order valence-corrected chi connectivity index (χ4v) is 10.5. The molecule has 0 unspecified atom stereocenters. The Morgan fingerprint density at radius 3 is 1.72 bits per heavy atom. The van der Waals surface area contributed by atoms with Crippen molar-refractivity contribution in [3.8, 4) is 0 Å². The van der Waals surface area contributed by atoms with E-state index >= 15 is 0 Å². The second kappa shape index (κ2) is 15.5. The zero-order valence-corrected chi connectivity index (χ0v) is 20.9. The molecular weight excluding hydrogens is 463 g/mol. The molecule has 157 valence electrons. The fraction of sp³-hybridized carbons (Fsp3) is 0.500. The van der Waals surface area contributed by atoms with E-state index in [1.54, 1.807) is 0 Å². The van der Waals surface area contributed by atoms with E-state index in [1.807, 2.05) is 0 Å². The Kier molecular flexibility index (Phi) is 12.8. The van der Waals surface area contributed by atoms with Crippen molar-refractivity contribution in [2.75, 3.05) is 6.61 Å². The number of carbonyl (C=O) groups excluding carboxylic acids is 1. The van der Waals surface area contributed by atoms with Gasteiger partial charge in [0.25, 0.3) is 0 Å². The van der Waals surface area contributed by atoms with Crippen molar-refractivity contribution in [2.24, 2.45) is 0 Å². The van der Waals surface area contributed by atoms with Gasteiger partial charge in [-0.05, 0) is 0 Å². The van der Waals surface area contributed by atoms with E-state index < -0.39 is 19.8 Å². The zero-order chi connectivity index (χ0) is 20.6. The second-order valence-electron chi connectivity index (χ2n) is 7.76. The quantitative estimate of drug-likeness (QED) is 0.177. The maximum atomic E-state index is 12.1. The van der Waals surface area contributed by atoms with Crippen molar-refractivity contribution in [3.63, 3.8) is 0 Å². The fourth-order valence-electron chi connectivity index (χ4n) is 3.65. The van der Waals surface area contributed by atoms with Gasteiger partial charge in [-0.15, -0.1) is 0 Å². The average Bonchev–Trinajstić information content (AvgIpc) is 2.77. The van der Waals surface area contributed by atoms with E-state index in [9.17, 15) is 4.79 Å². The molecule has 0 aliphatic carbocycles. The van der Waals surface area contributed by atoms with Crippen molar-refractivity contribution in [1.29, 1.82) is 0 Å². The number of esters is 1. The van der Waals surface area contributed by atoms with Gasteiger partial charge in [0, 0.05) is 0 Å². The number of benzene rings is 2. The maximum absolute atomic E-state index is 12.1. The topological polar surface area (TPSA) is 26.3 Å². The Labute approximate surface area is 184 Å². The molecule has 0 aliphatic rings. The summed E-state index contributed by atoms with van der Waals surface area (Å²) in [6.45, 7) is 2.82. The molecule has 3 heteroatoms. The summed E-state index contributed by atoms with van der Waals surface area (Å²) in [6, 6.07) is 21.6. The van der Waals surface area contributed by atoms with Crippen LogP contribution < -0.4 is 7.16 Å². The molecule has 2 aromatic carbocycles. The van der Waals surface area contributed by atoms with Crippen LogP contribution in [0.1, 0.15) is 71.1 Å². The van der Waals surface area contributed by atoms with E-state index in [1.165, 1.54) is 52.1 Å². The van der Waals surface area contributed by atoms with Gasteiger partial charge < -0.3 is 0 Å². The van der Waals surface area contributed by atoms with Gasteiger partial charge in [0.2, 0.25) is 0 Å². The molecule has 0 atom stereocenters.